The van der Waals surface area contributed by atoms with Gasteiger partial charge in [0.2, 0.25) is 17.0 Å². The summed E-state index contributed by atoms with van der Waals surface area (Å²) in [5.41, 5.74) is 6.24. The number of aryl methyl sites for hydroxylation is 2. The second-order valence-corrected chi connectivity index (χ2v) is 20.0. The number of unbranched alkanes of at least 4 members (excludes halogenated alkanes) is 9. The average molecular weight is 1040 g/mol. The Labute approximate surface area is 440 Å². The van der Waals surface area contributed by atoms with Gasteiger partial charge in [0.05, 0.1) is 42.6 Å². The quantitative estimate of drug-likeness (QED) is 0.00849. The normalized spacial score (nSPS) is 12.6. The van der Waals surface area contributed by atoms with Crippen LogP contribution >= 0.6 is 23.4 Å². The van der Waals surface area contributed by atoms with Crippen LogP contribution in [-0.4, -0.2) is 85.0 Å². The maximum Gasteiger partial charge on any atom is 0.338 e. The smallest absolute Gasteiger partial charge is 0.338 e. The standard InChI is InChI=1S/C56H74ClN7O8S/c1-6-9-10-11-12-13-14-15-16-22-35-69-54(67)43-28-29-46(57)47(38-43)58-53(66)52(51(65)50-41(5)63(48-26-21-20-25-45(48)50)32-31-42-23-18-17-19-24-42)72-49-30-27-40(4)37-44(49)39-62(8-3)56(68)73-55-59-60-61-64(55)33-36-71-70-34-7-2/h17-19,23-24,27-30,37-38,52H,6-16,20-22,25-26,31-36,39H2,1-5H3,(H,58,66). The summed E-state index contributed by atoms with van der Waals surface area (Å²) in [4.78, 5) is 69.5. The van der Waals surface area contributed by atoms with Crippen molar-refractivity contribution >= 4 is 51.9 Å². The van der Waals surface area contributed by atoms with Crippen molar-refractivity contribution in [1.29, 1.82) is 0 Å². The number of ether oxygens (including phenoxy) is 2. The van der Waals surface area contributed by atoms with E-state index >= 15 is 4.79 Å². The van der Waals surface area contributed by atoms with Crippen LogP contribution in [0.25, 0.3) is 0 Å². The maximum absolute atomic E-state index is 15.4. The number of benzene rings is 3. The number of tetrazole rings is 1. The molecular formula is C56H74ClN7O8S. The lowest BCUT2D eigenvalue weighted by Gasteiger charge is -2.24. The number of nitrogens with one attached hydrogen (secondary N) is 1. The predicted octanol–water partition coefficient (Wildman–Crippen LogP) is 12.3. The first kappa shape index (κ1) is 56.7. The minimum Gasteiger partial charge on any atom is -0.472 e. The summed E-state index contributed by atoms with van der Waals surface area (Å²) in [5, 5.41) is 14.8. The maximum atomic E-state index is 15.4. The fourth-order valence-electron chi connectivity index (χ4n) is 9.13. The molecule has 73 heavy (non-hydrogen) atoms. The van der Waals surface area contributed by atoms with E-state index in [1.54, 1.807) is 17.0 Å². The molecule has 0 bridgehead atoms. The van der Waals surface area contributed by atoms with Gasteiger partial charge in [-0.1, -0.05) is 131 Å². The van der Waals surface area contributed by atoms with Crippen LogP contribution in [0.2, 0.25) is 5.02 Å². The summed E-state index contributed by atoms with van der Waals surface area (Å²) in [6, 6.07) is 20.2. The van der Waals surface area contributed by atoms with Gasteiger partial charge in [-0.15, -0.1) is 5.10 Å². The minimum atomic E-state index is -1.70. The molecule has 1 N–H and O–H groups in total. The Morgan fingerprint density at radius 2 is 1.53 bits per heavy atom. The molecule has 1 unspecified atom stereocenters. The Bertz CT molecular complexity index is 2570. The highest BCUT2D eigenvalue weighted by atomic mass is 35.5. The fourth-order valence-corrected chi connectivity index (χ4v) is 10.1. The molecular weight excluding hydrogens is 966 g/mol. The first-order chi connectivity index (χ1) is 35.5. The van der Waals surface area contributed by atoms with Crippen molar-refractivity contribution in [2.24, 2.45) is 0 Å². The minimum absolute atomic E-state index is 0.0802. The van der Waals surface area contributed by atoms with E-state index in [-0.39, 0.29) is 58.7 Å². The lowest BCUT2D eigenvalue weighted by molar-refractivity contribution is -0.295. The summed E-state index contributed by atoms with van der Waals surface area (Å²) in [6.45, 7) is 12.2. The zero-order chi connectivity index (χ0) is 52.0. The van der Waals surface area contributed by atoms with Gasteiger partial charge in [-0.25, -0.2) is 19.3 Å². The third-order valence-corrected chi connectivity index (χ3v) is 14.3. The number of amides is 2. The van der Waals surface area contributed by atoms with Crippen molar-refractivity contribution in [1.82, 2.24) is 29.7 Å². The first-order valence-corrected chi connectivity index (χ1v) is 27.5. The Hall–Kier alpha value is -5.55. The van der Waals surface area contributed by atoms with Crippen molar-refractivity contribution in [3.63, 3.8) is 0 Å². The number of carbonyl (C=O) groups is 4. The molecule has 2 heterocycles. The summed E-state index contributed by atoms with van der Waals surface area (Å²) in [6.07, 6.45) is 14.9. The molecule has 0 fully saturated rings. The number of anilines is 1. The third kappa shape index (κ3) is 16.7. The zero-order valence-electron chi connectivity index (χ0n) is 43.4. The molecule has 2 aromatic heterocycles. The monoisotopic (exact) mass is 1040 g/mol. The molecule has 17 heteroatoms. The molecule has 0 saturated carbocycles. The lowest BCUT2D eigenvalue weighted by atomic mass is 9.91. The molecule has 394 valence electrons. The second-order valence-electron chi connectivity index (χ2n) is 18.7. The van der Waals surface area contributed by atoms with Crippen LogP contribution in [0.15, 0.2) is 71.9 Å². The molecule has 2 amide bonds. The number of halogens is 1. The molecule has 15 nitrogen and oxygen atoms in total. The number of Topliss-reactive ketones (excluding diaryl/α,β-unsaturated/α-hetero) is 1. The molecule has 0 saturated heterocycles. The Morgan fingerprint density at radius 1 is 0.808 bits per heavy atom. The third-order valence-electron chi connectivity index (χ3n) is 13.1. The van der Waals surface area contributed by atoms with Gasteiger partial charge >= 0.3 is 5.97 Å². The highest BCUT2D eigenvalue weighted by molar-refractivity contribution is 8.13. The molecule has 1 atom stereocenters. The molecule has 0 radical (unpaired) electrons. The zero-order valence-corrected chi connectivity index (χ0v) is 45.0. The van der Waals surface area contributed by atoms with Crippen LogP contribution in [0.3, 0.4) is 0 Å². The molecule has 5 aromatic rings. The Kier molecular flexibility index (Phi) is 23.3. The predicted molar refractivity (Wildman–Crippen MR) is 285 cm³/mol. The first-order valence-electron chi connectivity index (χ1n) is 26.3. The number of ketones is 1. The van der Waals surface area contributed by atoms with E-state index in [0.29, 0.717) is 37.2 Å². The van der Waals surface area contributed by atoms with Gasteiger partial charge in [0.25, 0.3) is 11.1 Å². The van der Waals surface area contributed by atoms with Crippen molar-refractivity contribution in [2.45, 2.75) is 168 Å². The van der Waals surface area contributed by atoms with E-state index in [2.05, 4.69) is 44.5 Å². The number of aromatic nitrogens is 5. The van der Waals surface area contributed by atoms with Crippen molar-refractivity contribution < 1.29 is 38.4 Å². The second kappa shape index (κ2) is 30.0. The Balaban J connectivity index is 1.24. The van der Waals surface area contributed by atoms with Crippen molar-refractivity contribution in [3.05, 3.63) is 117 Å². The lowest BCUT2D eigenvalue weighted by Crippen LogP contribution is -2.41. The number of hydrogen-bond acceptors (Lipinski definition) is 12. The van der Waals surface area contributed by atoms with Crippen LogP contribution in [0.1, 0.15) is 159 Å². The number of nitrogens with zero attached hydrogens (tertiary/aromatic N) is 6. The van der Waals surface area contributed by atoms with E-state index in [9.17, 15) is 14.4 Å². The van der Waals surface area contributed by atoms with Gasteiger partial charge in [0, 0.05) is 47.4 Å². The number of thioether (sulfide) groups is 1. The number of esters is 1. The van der Waals surface area contributed by atoms with Gasteiger partial charge in [-0.3, -0.25) is 14.4 Å². The van der Waals surface area contributed by atoms with Crippen LogP contribution < -0.4 is 10.1 Å². The van der Waals surface area contributed by atoms with Crippen LogP contribution in [0, 0.1) is 13.8 Å². The van der Waals surface area contributed by atoms with Crippen LogP contribution in [0.4, 0.5) is 10.5 Å². The number of fused-ring (bicyclic) bond motifs is 1. The molecule has 0 aliphatic heterocycles. The molecule has 3 aromatic carbocycles. The van der Waals surface area contributed by atoms with E-state index in [4.69, 9.17) is 30.8 Å². The van der Waals surface area contributed by atoms with Crippen LogP contribution in [0.5, 0.6) is 5.75 Å². The van der Waals surface area contributed by atoms with E-state index in [1.807, 2.05) is 58.0 Å². The van der Waals surface area contributed by atoms with Gasteiger partial charge in [0.1, 0.15) is 12.4 Å². The van der Waals surface area contributed by atoms with Crippen LogP contribution in [-0.2, 0) is 58.2 Å². The average Bonchev–Trinajstić information content (AvgIpc) is 3.96. The number of rotatable bonds is 31. The van der Waals surface area contributed by atoms with Gasteiger partial charge in [-0.2, -0.15) is 0 Å². The van der Waals surface area contributed by atoms with E-state index in [1.165, 1.54) is 67.3 Å². The molecule has 0 spiro atoms. The summed E-state index contributed by atoms with van der Waals surface area (Å²) in [5.74, 6) is -1.57. The molecule has 1 aliphatic rings. The SMILES string of the molecule is CCCCCCCCCCCCOC(=O)c1ccc(Cl)c(NC(=O)C(Oc2ccc(C)cc2CN(CC)C(=O)Sc2nnnn2CCOOCCC)C(=O)c2c3c(n(CCc4ccccc4)c2C)CCCC3)c1. The largest absolute Gasteiger partial charge is 0.472 e. The highest BCUT2D eigenvalue weighted by Gasteiger charge is 2.37. The summed E-state index contributed by atoms with van der Waals surface area (Å²) in [7, 11) is 0. The van der Waals surface area contributed by atoms with E-state index < -0.39 is 23.8 Å². The van der Waals surface area contributed by atoms with Gasteiger partial charge in [-0.05, 0) is 112 Å². The van der Waals surface area contributed by atoms with E-state index in [0.717, 1.165) is 85.6 Å². The fraction of sp³-hybridized carbons (Fsp3) is 0.518. The highest BCUT2D eigenvalue weighted by Crippen LogP contribution is 2.34. The van der Waals surface area contributed by atoms with Gasteiger partial charge < -0.3 is 24.3 Å². The summed E-state index contributed by atoms with van der Waals surface area (Å²) < 4.78 is 16.0. The number of hydrogen-bond donors (Lipinski definition) is 1. The molecule has 6 rings (SSSR count). The van der Waals surface area contributed by atoms with Gasteiger partial charge in [0.15, 0.2) is 0 Å². The topological polar surface area (TPSA) is 169 Å². The summed E-state index contributed by atoms with van der Waals surface area (Å²) >= 11 is 7.60. The molecule has 1 aliphatic carbocycles. The van der Waals surface area contributed by atoms with Crippen molar-refractivity contribution in [3.8, 4) is 5.75 Å². The Morgan fingerprint density at radius 3 is 2.27 bits per heavy atom. The number of carbonyl (C=O) groups excluding carboxylic acids is 4. The van der Waals surface area contributed by atoms with Crippen molar-refractivity contribution in [2.75, 3.05) is 31.7 Å².